The minimum atomic E-state index is -0.685. The van der Waals surface area contributed by atoms with Crippen molar-refractivity contribution in [2.45, 2.75) is 32.7 Å². The molecule has 1 fully saturated rings. The van der Waals surface area contributed by atoms with Crippen LogP contribution >= 0.6 is 11.3 Å². The Kier molecular flexibility index (Phi) is 7.36. The van der Waals surface area contributed by atoms with E-state index in [4.69, 9.17) is 14.1 Å². The topological polar surface area (TPSA) is 89.1 Å². The molecule has 2 aliphatic heterocycles. The number of carbonyl (C=O) groups is 1. The number of rotatable bonds is 6. The maximum atomic E-state index is 14.0. The number of aromatic nitrogens is 1. The average Bonchev–Trinajstić information content (AvgIpc) is 3.57. The molecule has 2 aromatic heterocycles. The summed E-state index contributed by atoms with van der Waals surface area (Å²) in [4.78, 5) is 35.2. The molecule has 4 aromatic rings. The third-order valence-electron chi connectivity index (χ3n) is 7.69. The first-order chi connectivity index (χ1) is 19.9. The second-order valence-electron chi connectivity index (χ2n) is 10.5. The van der Waals surface area contributed by atoms with Crippen molar-refractivity contribution in [3.05, 3.63) is 109 Å². The van der Waals surface area contributed by atoms with E-state index in [9.17, 15) is 9.59 Å². The maximum absolute atomic E-state index is 14.0. The fourth-order valence-electron chi connectivity index (χ4n) is 5.41. The number of hydrogen-bond acceptors (Lipinski definition) is 7. The van der Waals surface area contributed by atoms with Crippen molar-refractivity contribution in [3.8, 4) is 5.75 Å². The monoisotopic (exact) mass is 568 g/mol. The summed E-state index contributed by atoms with van der Waals surface area (Å²) in [6.45, 7) is 6.01. The lowest BCUT2D eigenvalue weighted by Crippen LogP contribution is -2.40. The summed E-state index contributed by atoms with van der Waals surface area (Å²) in [5, 5.41) is 2.98. The lowest BCUT2D eigenvalue weighted by atomic mass is 9.95. The average molecular weight is 569 g/mol. The van der Waals surface area contributed by atoms with E-state index >= 15 is 0 Å². The number of piperidine rings is 1. The quantitative estimate of drug-likeness (QED) is 0.364. The second kappa shape index (κ2) is 11.2. The first-order valence-corrected chi connectivity index (χ1v) is 14.6. The number of benzene rings is 2. The van der Waals surface area contributed by atoms with Gasteiger partial charge in [-0.05, 0) is 61.6 Å². The van der Waals surface area contributed by atoms with Gasteiger partial charge in [0.25, 0.3) is 11.5 Å². The van der Waals surface area contributed by atoms with Crippen molar-refractivity contribution in [2.75, 3.05) is 30.4 Å². The summed E-state index contributed by atoms with van der Waals surface area (Å²) >= 11 is 1.29. The van der Waals surface area contributed by atoms with Gasteiger partial charge in [-0.3, -0.25) is 14.2 Å². The summed E-state index contributed by atoms with van der Waals surface area (Å²) in [6, 6.07) is 19.9. The molecule has 2 aromatic carbocycles. The number of allylic oxidation sites excluding steroid dienone is 1. The van der Waals surface area contributed by atoms with E-state index in [1.165, 1.54) is 11.3 Å². The summed E-state index contributed by atoms with van der Waals surface area (Å²) in [7, 11) is 1.59. The SMILES string of the molecule is COc1cccc([C@@H]2C(C(=O)Nc3ccccc3)=C(C)N=c3s/c(=C/c4ccc(N5CCC(C)CC5)o4)c(=O)n32)c1. The molecule has 1 atom stereocenters. The molecule has 8 nitrogen and oxygen atoms in total. The Labute approximate surface area is 241 Å². The molecule has 4 heterocycles. The van der Waals surface area contributed by atoms with Crippen molar-refractivity contribution >= 4 is 34.9 Å². The third kappa shape index (κ3) is 5.37. The van der Waals surface area contributed by atoms with E-state index in [1.54, 1.807) is 17.8 Å². The molecule has 1 saturated heterocycles. The number of para-hydroxylation sites is 1. The van der Waals surface area contributed by atoms with E-state index in [0.717, 1.165) is 43.3 Å². The normalized spacial score (nSPS) is 17.8. The van der Waals surface area contributed by atoms with Gasteiger partial charge in [0, 0.05) is 30.9 Å². The zero-order valence-electron chi connectivity index (χ0n) is 23.3. The van der Waals surface area contributed by atoms with Gasteiger partial charge in [0.05, 0.1) is 29.0 Å². The van der Waals surface area contributed by atoms with Crippen molar-refractivity contribution in [1.82, 2.24) is 4.57 Å². The summed E-state index contributed by atoms with van der Waals surface area (Å²) in [6.07, 6.45) is 4.04. The molecular weight excluding hydrogens is 536 g/mol. The van der Waals surface area contributed by atoms with E-state index < -0.39 is 6.04 Å². The van der Waals surface area contributed by atoms with Crippen LogP contribution in [0.15, 0.2) is 92.2 Å². The Balaban J connectivity index is 1.42. The largest absolute Gasteiger partial charge is 0.497 e. The Morgan fingerprint density at radius 3 is 2.63 bits per heavy atom. The zero-order valence-corrected chi connectivity index (χ0v) is 24.1. The van der Waals surface area contributed by atoms with Crippen LogP contribution in [-0.2, 0) is 4.79 Å². The Morgan fingerprint density at radius 2 is 1.88 bits per heavy atom. The minimum absolute atomic E-state index is 0.233. The van der Waals surface area contributed by atoms with E-state index in [1.807, 2.05) is 73.7 Å². The number of carbonyl (C=O) groups excluding carboxylic acids is 1. The number of thiazole rings is 1. The number of amides is 1. The maximum Gasteiger partial charge on any atom is 0.271 e. The number of fused-ring (bicyclic) bond motifs is 1. The van der Waals surface area contributed by atoms with E-state index in [2.05, 4.69) is 17.1 Å². The van der Waals surface area contributed by atoms with Crippen molar-refractivity contribution in [1.29, 1.82) is 0 Å². The molecule has 210 valence electrons. The van der Waals surface area contributed by atoms with Crippen LogP contribution < -0.4 is 29.8 Å². The summed E-state index contributed by atoms with van der Waals surface area (Å²) in [5.74, 6) is 2.48. The molecule has 0 spiro atoms. The van der Waals surface area contributed by atoms with Gasteiger partial charge in [-0.15, -0.1) is 0 Å². The van der Waals surface area contributed by atoms with Crippen LogP contribution in [0.5, 0.6) is 5.75 Å². The number of ether oxygens (including phenoxy) is 1. The lowest BCUT2D eigenvalue weighted by molar-refractivity contribution is -0.113. The highest BCUT2D eigenvalue weighted by molar-refractivity contribution is 7.07. The van der Waals surface area contributed by atoms with Gasteiger partial charge in [-0.1, -0.05) is 48.6 Å². The minimum Gasteiger partial charge on any atom is -0.497 e. The molecule has 0 bridgehead atoms. The van der Waals surface area contributed by atoms with Crippen LogP contribution in [0.1, 0.15) is 44.1 Å². The van der Waals surface area contributed by atoms with Crippen molar-refractivity contribution in [2.24, 2.45) is 10.9 Å². The van der Waals surface area contributed by atoms with Crippen molar-refractivity contribution < 1.29 is 13.9 Å². The van der Waals surface area contributed by atoms with Gasteiger partial charge in [0.2, 0.25) is 0 Å². The number of nitrogens with zero attached hydrogens (tertiary/aromatic N) is 3. The van der Waals surface area contributed by atoms with Gasteiger partial charge in [-0.2, -0.15) is 0 Å². The van der Waals surface area contributed by atoms with Gasteiger partial charge in [0.15, 0.2) is 10.7 Å². The van der Waals surface area contributed by atoms with Crippen LogP contribution in [0.3, 0.4) is 0 Å². The number of hydrogen-bond donors (Lipinski definition) is 1. The molecule has 0 saturated carbocycles. The number of nitrogens with one attached hydrogen (secondary N) is 1. The fourth-order valence-corrected chi connectivity index (χ4v) is 6.43. The lowest BCUT2D eigenvalue weighted by Gasteiger charge is -2.29. The molecule has 0 radical (unpaired) electrons. The van der Waals surface area contributed by atoms with Crippen molar-refractivity contribution in [3.63, 3.8) is 0 Å². The highest BCUT2D eigenvalue weighted by atomic mass is 32.1. The predicted molar refractivity (Wildman–Crippen MR) is 161 cm³/mol. The number of methoxy groups -OCH3 is 1. The molecule has 6 rings (SSSR count). The van der Waals surface area contributed by atoms with Crippen LogP contribution in [0.2, 0.25) is 0 Å². The zero-order chi connectivity index (χ0) is 28.5. The van der Waals surface area contributed by atoms with Gasteiger partial charge in [-0.25, -0.2) is 4.99 Å². The van der Waals surface area contributed by atoms with Crippen LogP contribution in [0.25, 0.3) is 6.08 Å². The van der Waals surface area contributed by atoms with Crippen LogP contribution in [0, 0.1) is 5.92 Å². The second-order valence-corrected chi connectivity index (χ2v) is 11.5. The molecule has 1 N–H and O–H groups in total. The molecule has 2 aliphatic rings. The van der Waals surface area contributed by atoms with E-state index in [-0.39, 0.29) is 11.5 Å². The van der Waals surface area contributed by atoms with Crippen LogP contribution in [0.4, 0.5) is 11.6 Å². The fraction of sp³-hybridized carbons (Fsp3) is 0.281. The summed E-state index contributed by atoms with van der Waals surface area (Å²) < 4.78 is 13.7. The highest BCUT2D eigenvalue weighted by Gasteiger charge is 2.33. The number of furan rings is 1. The Bertz CT molecular complexity index is 1790. The molecule has 0 unspecified atom stereocenters. The predicted octanol–water partition coefficient (Wildman–Crippen LogP) is 4.71. The molecule has 0 aliphatic carbocycles. The van der Waals surface area contributed by atoms with Gasteiger partial charge >= 0.3 is 0 Å². The third-order valence-corrected chi connectivity index (χ3v) is 8.67. The molecular formula is C32H32N4O4S. The molecule has 1 amide bonds. The summed E-state index contributed by atoms with van der Waals surface area (Å²) in [5.41, 5.74) is 2.14. The Hall–Kier alpha value is -4.37. The molecule has 9 heteroatoms. The Morgan fingerprint density at radius 1 is 1.10 bits per heavy atom. The van der Waals surface area contributed by atoms with Crippen LogP contribution in [-0.4, -0.2) is 30.7 Å². The first-order valence-electron chi connectivity index (χ1n) is 13.8. The van der Waals surface area contributed by atoms with E-state index in [0.29, 0.717) is 37.8 Å². The van der Waals surface area contributed by atoms with Gasteiger partial charge in [0.1, 0.15) is 11.5 Å². The first kappa shape index (κ1) is 26.8. The van der Waals surface area contributed by atoms with Gasteiger partial charge < -0.3 is 19.4 Å². The standard InChI is InChI=1S/C32H32N4O4S/c1-20-14-16-35(17-15-20)27-13-12-25(40-27)19-26-31(38)36-29(22-8-7-11-24(18-22)39-3)28(21(2)33-32(36)41-26)30(37)34-23-9-5-4-6-10-23/h4-13,18-20,29H,14-17H2,1-3H3,(H,34,37)/b26-19+/t29-/m1/s1. The number of anilines is 2. The smallest absolute Gasteiger partial charge is 0.271 e. The molecule has 41 heavy (non-hydrogen) atoms. The highest BCUT2D eigenvalue weighted by Crippen LogP contribution is 2.32.